The summed E-state index contributed by atoms with van der Waals surface area (Å²) in [6.45, 7) is 2.00. The van der Waals surface area contributed by atoms with Gasteiger partial charge in [-0.3, -0.25) is 4.79 Å². The number of carbonyl (C=O) groups excluding carboxylic acids is 1. The van der Waals surface area contributed by atoms with Crippen LogP contribution in [0.1, 0.15) is 31.8 Å². The lowest BCUT2D eigenvalue weighted by atomic mass is 10.1. The Morgan fingerprint density at radius 2 is 1.90 bits per heavy atom. The molecule has 1 aliphatic rings. The summed E-state index contributed by atoms with van der Waals surface area (Å²) in [5.74, 6) is -1.12. The fourth-order valence-electron chi connectivity index (χ4n) is 2.56. The van der Waals surface area contributed by atoms with Crippen LogP contribution in [0.2, 0.25) is 0 Å². The zero-order chi connectivity index (χ0) is 14.3. The number of aromatic carboxylic acids is 1. The topological polar surface area (TPSA) is 57.6 Å². The predicted molar refractivity (Wildman–Crippen MR) is 77.7 cm³/mol. The van der Waals surface area contributed by atoms with Crippen molar-refractivity contribution < 1.29 is 14.7 Å². The van der Waals surface area contributed by atoms with Gasteiger partial charge in [-0.15, -0.1) is 11.3 Å². The van der Waals surface area contributed by atoms with Crippen LogP contribution in [0.25, 0.3) is 0 Å². The van der Waals surface area contributed by atoms with Gasteiger partial charge in [0.15, 0.2) is 0 Å². The number of amides is 1. The number of hydrogen-bond acceptors (Lipinski definition) is 3. The van der Waals surface area contributed by atoms with Gasteiger partial charge >= 0.3 is 5.97 Å². The SMILES string of the molecule is CC1Cc2ccccc2N1C(=O)c1ccc(C(=O)O)s1. The first-order valence-corrected chi connectivity index (χ1v) is 7.14. The van der Waals surface area contributed by atoms with Crippen molar-refractivity contribution in [3.8, 4) is 0 Å². The maximum absolute atomic E-state index is 12.6. The van der Waals surface area contributed by atoms with E-state index in [4.69, 9.17) is 5.11 Å². The van der Waals surface area contributed by atoms with Crippen LogP contribution in [0.3, 0.4) is 0 Å². The molecule has 0 saturated carbocycles. The number of nitrogens with zero attached hydrogens (tertiary/aromatic N) is 1. The molecule has 1 atom stereocenters. The number of rotatable bonds is 2. The van der Waals surface area contributed by atoms with E-state index in [1.807, 2.05) is 31.2 Å². The minimum atomic E-state index is -0.996. The van der Waals surface area contributed by atoms with E-state index >= 15 is 0 Å². The van der Waals surface area contributed by atoms with Gasteiger partial charge in [0.25, 0.3) is 5.91 Å². The van der Waals surface area contributed by atoms with Gasteiger partial charge in [-0.05, 0) is 37.1 Å². The van der Waals surface area contributed by atoms with Crippen molar-refractivity contribution in [2.24, 2.45) is 0 Å². The Balaban J connectivity index is 1.96. The highest BCUT2D eigenvalue weighted by molar-refractivity contribution is 7.16. The minimum absolute atomic E-state index is 0.0929. The lowest BCUT2D eigenvalue weighted by Crippen LogP contribution is -2.35. The Labute approximate surface area is 120 Å². The number of carbonyl (C=O) groups is 2. The van der Waals surface area contributed by atoms with Gasteiger partial charge in [0, 0.05) is 11.7 Å². The van der Waals surface area contributed by atoms with Crippen LogP contribution >= 0.6 is 11.3 Å². The second-order valence-corrected chi connectivity index (χ2v) is 5.91. The van der Waals surface area contributed by atoms with Crippen molar-refractivity contribution in [2.45, 2.75) is 19.4 Å². The molecule has 0 radical (unpaired) electrons. The summed E-state index contributed by atoms with van der Waals surface area (Å²) in [5.41, 5.74) is 2.08. The van der Waals surface area contributed by atoms with Crippen molar-refractivity contribution in [1.82, 2.24) is 0 Å². The van der Waals surface area contributed by atoms with E-state index in [0.717, 1.165) is 29.0 Å². The van der Waals surface area contributed by atoms with E-state index in [9.17, 15) is 9.59 Å². The van der Waals surface area contributed by atoms with Gasteiger partial charge < -0.3 is 10.0 Å². The molecule has 5 heteroatoms. The molecule has 1 aromatic carbocycles. The maximum atomic E-state index is 12.6. The fourth-order valence-corrected chi connectivity index (χ4v) is 3.34. The Morgan fingerprint density at radius 3 is 2.60 bits per heavy atom. The monoisotopic (exact) mass is 287 g/mol. The largest absolute Gasteiger partial charge is 0.477 e. The summed E-state index contributed by atoms with van der Waals surface area (Å²) in [5, 5.41) is 8.94. The first kappa shape index (κ1) is 12.9. The molecule has 0 fully saturated rings. The van der Waals surface area contributed by atoms with E-state index in [0.29, 0.717) is 4.88 Å². The van der Waals surface area contributed by atoms with Crippen LogP contribution in [0.4, 0.5) is 5.69 Å². The number of anilines is 1. The lowest BCUT2D eigenvalue weighted by Gasteiger charge is -2.21. The van der Waals surface area contributed by atoms with Gasteiger partial charge in [-0.25, -0.2) is 4.79 Å². The van der Waals surface area contributed by atoms with E-state index in [1.54, 1.807) is 11.0 Å². The third-order valence-corrected chi connectivity index (χ3v) is 4.51. The zero-order valence-electron chi connectivity index (χ0n) is 10.9. The van der Waals surface area contributed by atoms with Gasteiger partial charge in [0.1, 0.15) is 4.88 Å². The van der Waals surface area contributed by atoms with E-state index < -0.39 is 5.97 Å². The van der Waals surface area contributed by atoms with Crippen molar-refractivity contribution in [3.63, 3.8) is 0 Å². The van der Waals surface area contributed by atoms with Gasteiger partial charge in [0.05, 0.1) is 4.88 Å². The van der Waals surface area contributed by atoms with Gasteiger partial charge in [-0.2, -0.15) is 0 Å². The normalized spacial score (nSPS) is 17.1. The molecule has 2 heterocycles. The Hall–Kier alpha value is -2.14. The third kappa shape index (κ3) is 2.00. The molecular formula is C15H13NO3S. The molecule has 1 aliphatic heterocycles. The molecule has 0 aliphatic carbocycles. The Kier molecular flexibility index (Phi) is 3.06. The molecule has 2 aromatic rings. The summed E-state index contributed by atoms with van der Waals surface area (Å²) in [7, 11) is 0. The maximum Gasteiger partial charge on any atom is 0.345 e. The minimum Gasteiger partial charge on any atom is -0.477 e. The summed E-state index contributed by atoms with van der Waals surface area (Å²) >= 11 is 1.02. The molecule has 102 valence electrons. The number of carboxylic acids is 1. The molecule has 1 N–H and O–H groups in total. The quantitative estimate of drug-likeness (QED) is 0.923. The number of para-hydroxylation sites is 1. The van der Waals surface area contributed by atoms with Crippen molar-refractivity contribution in [1.29, 1.82) is 0 Å². The second-order valence-electron chi connectivity index (χ2n) is 4.83. The van der Waals surface area contributed by atoms with Crippen LogP contribution < -0.4 is 4.90 Å². The van der Waals surface area contributed by atoms with E-state index in [2.05, 4.69) is 0 Å². The van der Waals surface area contributed by atoms with Crippen LogP contribution in [-0.2, 0) is 6.42 Å². The average Bonchev–Trinajstić information content (AvgIpc) is 3.01. The number of carboxylic acid groups (broad SMARTS) is 1. The van der Waals surface area contributed by atoms with Crippen LogP contribution in [0, 0.1) is 0 Å². The van der Waals surface area contributed by atoms with E-state index in [1.165, 1.54) is 6.07 Å². The number of hydrogen-bond donors (Lipinski definition) is 1. The second kappa shape index (κ2) is 4.76. The Morgan fingerprint density at radius 1 is 1.20 bits per heavy atom. The molecule has 0 bridgehead atoms. The number of fused-ring (bicyclic) bond motifs is 1. The lowest BCUT2D eigenvalue weighted by molar-refractivity contribution is 0.0702. The molecule has 3 rings (SSSR count). The zero-order valence-corrected chi connectivity index (χ0v) is 11.7. The highest BCUT2D eigenvalue weighted by Crippen LogP contribution is 2.34. The molecule has 1 amide bonds. The van der Waals surface area contributed by atoms with Gasteiger partial charge in [0.2, 0.25) is 0 Å². The predicted octanol–water partition coefficient (Wildman–Crippen LogP) is 3.04. The Bertz CT molecular complexity index is 692. The third-order valence-electron chi connectivity index (χ3n) is 3.45. The summed E-state index contributed by atoms with van der Waals surface area (Å²) in [6, 6.07) is 11.0. The van der Waals surface area contributed by atoms with Crippen molar-refractivity contribution in [3.05, 3.63) is 51.7 Å². The molecule has 1 unspecified atom stereocenters. The van der Waals surface area contributed by atoms with Crippen molar-refractivity contribution >= 4 is 28.9 Å². The van der Waals surface area contributed by atoms with Crippen LogP contribution in [0.15, 0.2) is 36.4 Å². The standard InChI is InChI=1S/C15H13NO3S/c1-9-8-10-4-2-3-5-11(10)16(9)14(17)12-6-7-13(20-12)15(18)19/h2-7,9H,8H2,1H3,(H,18,19). The molecule has 0 spiro atoms. The molecule has 1 aromatic heterocycles. The molecular weight excluding hydrogens is 274 g/mol. The summed E-state index contributed by atoms with van der Waals surface area (Å²) in [4.78, 5) is 25.9. The fraction of sp³-hybridized carbons (Fsp3) is 0.200. The number of benzene rings is 1. The average molecular weight is 287 g/mol. The van der Waals surface area contributed by atoms with Crippen molar-refractivity contribution in [2.75, 3.05) is 4.90 Å². The smallest absolute Gasteiger partial charge is 0.345 e. The highest BCUT2D eigenvalue weighted by atomic mass is 32.1. The van der Waals surface area contributed by atoms with E-state index in [-0.39, 0.29) is 16.8 Å². The summed E-state index contributed by atoms with van der Waals surface area (Å²) in [6.07, 6.45) is 0.832. The molecule has 0 saturated heterocycles. The first-order valence-electron chi connectivity index (χ1n) is 6.32. The highest BCUT2D eigenvalue weighted by Gasteiger charge is 2.32. The number of thiophene rings is 1. The molecule has 4 nitrogen and oxygen atoms in total. The van der Waals surface area contributed by atoms with Crippen LogP contribution in [0.5, 0.6) is 0 Å². The van der Waals surface area contributed by atoms with Crippen LogP contribution in [-0.4, -0.2) is 23.0 Å². The molecule has 20 heavy (non-hydrogen) atoms. The summed E-state index contributed by atoms with van der Waals surface area (Å²) < 4.78 is 0. The first-order chi connectivity index (χ1) is 9.58. The van der Waals surface area contributed by atoms with Gasteiger partial charge in [-0.1, -0.05) is 18.2 Å².